The molecule has 0 heterocycles. The molecule has 0 bridgehead atoms. The third kappa shape index (κ3) is 3.33. The van der Waals surface area contributed by atoms with Gasteiger partial charge in [-0.15, -0.1) is 23.2 Å². The number of esters is 1. The molecule has 0 aliphatic heterocycles. The molecule has 0 aromatic heterocycles. The minimum Gasteiger partial charge on any atom is -0.452 e. The first kappa shape index (κ1) is 16.1. The van der Waals surface area contributed by atoms with Crippen molar-refractivity contribution < 1.29 is 14.3 Å². The van der Waals surface area contributed by atoms with Crippen molar-refractivity contribution in [3.05, 3.63) is 29.8 Å². The van der Waals surface area contributed by atoms with E-state index in [1.807, 2.05) is 25.1 Å². The lowest BCUT2D eigenvalue weighted by Gasteiger charge is -2.17. The summed E-state index contributed by atoms with van der Waals surface area (Å²) in [7, 11) is 0. The van der Waals surface area contributed by atoms with Gasteiger partial charge in [0, 0.05) is 12.1 Å². The molecule has 1 aliphatic carbocycles. The van der Waals surface area contributed by atoms with Gasteiger partial charge in [-0.1, -0.05) is 12.1 Å². The van der Waals surface area contributed by atoms with Crippen LogP contribution < -0.4 is 5.32 Å². The van der Waals surface area contributed by atoms with Crippen LogP contribution in [0.1, 0.15) is 25.8 Å². The fraction of sp³-hybridized carbons (Fsp3) is 0.467. The summed E-state index contributed by atoms with van der Waals surface area (Å²) in [5, 5.41) is 2.70. The number of benzene rings is 1. The third-order valence-electron chi connectivity index (χ3n) is 3.65. The van der Waals surface area contributed by atoms with E-state index in [-0.39, 0.29) is 0 Å². The van der Waals surface area contributed by atoms with Crippen molar-refractivity contribution in [2.24, 2.45) is 5.41 Å². The lowest BCUT2D eigenvalue weighted by Crippen LogP contribution is -2.33. The zero-order chi connectivity index (χ0) is 15.8. The number of hydrogen-bond donors (Lipinski definition) is 1. The first-order valence-corrected chi connectivity index (χ1v) is 7.38. The van der Waals surface area contributed by atoms with Crippen molar-refractivity contribution in [3.8, 4) is 0 Å². The average molecular weight is 330 g/mol. The molecule has 0 radical (unpaired) electrons. The number of aryl methyl sites for hydroxylation is 1. The van der Waals surface area contributed by atoms with Gasteiger partial charge in [-0.3, -0.25) is 9.59 Å². The van der Waals surface area contributed by atoms with Gasteiger partial charge in [0.25, 0.3) is 5.91 Å². The van der Waals surface area contributed by atoms with Crippen molar-refractivity contribution in [2.75, 3.05) is 5.32 Å². The Hall–Kier alpha value is -1.26. The van der Waals surface area contributed by atoms with E-state index in [1.165, 1.54) is 6.92 Å². The fourth-order valence-corrected chi connectivity index (χ4v) is 2.62. The highest BCUT2D eigenvalue weighted by molar-refractivity contribution is 6.53. The summed E-state index contributed by atoms with van der Waals surface area (Å²) in [5.74, 6) is -0.952. The summed E-state index contributed by atoms with van der Waals surface area (Å²) in [5.41, 5.74) is 0.745. The molecular formula is C15H17Cl2NO3. The Balaban J connectivity index is 1.93. The second-order valence-corrected chi connectivity index (χ2v) is 7.10. The number of rotatable bonds is 4. The van der Waals surface area contributed by atoms with Crippen LogP contribution in [0.15, 0.2) is 24.3 Å². The molecule has 2 atom stereocenters. The highest BCUT2D eigenvalue weighted by atomic mass is 35.5. The number of anilines is 1. The van der Waals surface area contributed by atoms with E-state index in [2.05, 4.69) is 5.32 Å². The lowest BCUT2D eigenvalue weighted by atomic mass is 10.1. The van der Waals surface area contributed by atoms with Crippen molar-refractivity contribution >= 4 is 40.8 Å². The standard InChI is InChI=1S/C15H17Cl2NO3/c1-9-5-4-6-11(7-9)18-12(19)10(2)21-13(20)14(3)8-15(14,16)17/h4-7,10H,8H2,1-3H3,(H,18,19). The highest BCUT2D eigenvalue weighted by Gasteiger charge is 2.69. The van der Waals surface area contributed by atoms with E-state index in [0.29, 0.717) is 12.1 Å². The number of carbonyl (C=O) groups excluding carboxylic acids is 2. The number of nitrogens with one attached hydrogen (secondary N) is 1. The fourth-order valence-electron chi connectivity index (χ4n) is 1.93. The predicted molar refractivity (Wildman–Crippen MR) is 82.5 cm³/mol. The number of halogens is 2. The molecule has 1 N–H and O–H groups in total. The van der Waals surface area contributed by atoms with Crippen molar-refractivity contribution in [1.82, 2.24) is 0 Å². The van der Waals surface area contributed by atoms with Crippen LogP contribution in [0.3, 0.4) is 0 Å². The van der Waals surface area contributed by atoms with Crippen molar-refractivity contribution in [1.29, 1.82) is 0 Å². The largest absolute Gasteiger partial charge is 0.452 e. The maximum absolute atomic E-state index is 12.0. The predicted octanol–water partition coefficient (Wildman–Crippen LogP) is 3.45. The van der Waals surface area contributed by atoms with E-state index in [0.717, 1.165) is 5.56 Å². The zero-order valence-corrected chi connectivity index (χ0v) is 13.6. The first-order chi connectivity index (χ1) is 9.65. The molecule has 4 nitrogen and oxygen atoms in total. The average Bonchev–Trinajstić information content (AvgIpc) is 2.89. The molecule has 2 rings (SSSR count). The smallest absolute Gasteiger partial charge is 0.315 e. The van der Waals surface area contributed by atoms with E-state index < -0.39 is 27.7 Å². The van der Waals surface area contributed by atoms with Crippen LogP contribution in [0, 0.1) is 12.3 Å². The maximum Gasteiger partial charge on any atom is 0.315 e. The number of amides is 1. The Morgan fingerprint density at radius 3 is 2.52 bits per heavy atom. The molecular weight excluding hydrogens is 313 g/mol. The molecule has 2 unspecified atom stereocenters. The molecule has 1 amide bonds. The van der Waals surface area contributed by atoms with Crippen LogP contribution in [0.25, 0.3) is 0 Å². The molecule has 1 fully saturated rings. The van der Waals surface area contributed by atoms with Gasteiger partial charge >= 0.3 is 5.97 Å². The van der Waals surface area contributed by atoms with Gasteiger partial charge in [0.05, 0.1) is 0 Å². The number of alkyl halides is 2. The summed E-state index contributed by atoms with van der Waals surface area (Å²) in [6.45, 7) is 5.06. The Labute approximate surface area is 133 Å². The minimum atomic E-state index is -1.10. The Morgan fingerprint density at radius 1 is 1.38 bits per heavy atom. The van der Waals surface area contributed by atoms with Gasteiger partial charge in [0.2, 0.25) is 0 Å². The van der Waals surface area contributed by atoms with Crippen LogP contribution in [-0.4, -0.2) is 22.3 Å². The van der Waals surface area contributed by atoms with Gasteiger partial charge < -0.3 is 10.1 Å². The van der Waals surface area contributed by atoms with Gasteiger partial charge in [-0.2, -0.15) is 0 Å². The molecule has 114 valence electrons. The minimum absolute atomic E-state index is 0.328. The van der Waals surface area contributed by atoms with E-state index in [1.54, 1.807) is 13.0 Å². The van der Waals surface area contributed by atoms with Crippen LogP contribution in [0.2, 0.25) is 0 Å². The number of carbonyl (C=O) groups is 2. The number of ether oxygens (including phenoxy) is 1. The Bertz CT molecular complexity index is 588. The van der Waals surface area contributed by atoms with Crippen LogP contribution in [-0.2, 0) is 14.3 Å². The van der Waals surface area contributed by atoms with Crippen LogP contribution >= 0.6 is 23.2 Å². The van der Waals surface area contributed by atoms with Crippen LogP contribution in [0.4, 0.5) is 5.69 Å². The quantitative estimate of drug-likeness (QED) is 0.679. The topological polar surface area (TPSA) is 55.4 Å². The Morgan fingerprint density at radius 2 is 2.00 bits per heavy atom. The summed E-state index contributed by atoms with van der Waals surface area (Å²) in [6.07, 6.45) is -0.590. The summed E-state index contributed by atoms with van der Waals surface area (Å²) < 4.78 is 4.06. The molecule has 1 aliphatic rings. The summed E-state index contributed by atoms with van der Waals surface area (Å²) in [6, 6.07) is 7.36. The molecule has 1 aromatic carbocycles. The number of hydrogen-bond acceptors (Lipinski definition) is 3. The molecule has 1 aromatic rings. The van der Waals surface area contributed by atoms with Gasteiger partial charge in [0.15, 0.2) is 6.10 Å². The molecule has 21 heavy (non-hydrogen) atoms. The molecule has 6 heteroatoms. The maximum atomic E-state index is 12.0. The van der Waals surface area contributed by atoms with Gasteiger partial charge in [0.1, 0.15) is 9.75 Å². The van der Waals surface area contributed by atoms with Crippen LogP contribution in [0.5, 0.6) is 0 Å². The first-order valence-electron chi connectivity index (χ1n) is 6.62. The second-order valence-electron chi connectivity index (χ2n) is 5.62. The SMILES string of the molecule is Cc1cccc(NC(=O)C(C)OC(=O)C2(C)CC2(Cl)Cl)c1. The molecule has 1 saturated carbocycles. The third-order valence-corrected chi connectivity index (χ3v) is 4.75. The second kappa shape index (κ2) is 5.50. The molecule has 0 saturated heterocycles. The van der Waals surface area contributed by atoms with Crippen molar-refractivity contribution in [3.63, 3.8) is 0 Å². The normalized spacial score (nSPS) is 24.0. The van der Waals surface area contributed by atoms with E-state index >= 15 is 0 Å². The summed E-state index contributed by atoms with van der Waals surface area (Å²) >= 11 is 11.8. The van der Waals surface area contributed by atoms with E-state index in [4.69, 9.17) is 27.9 Å². The lowest BCUT2D eigenvalue weighted by molar-refractivity contribution is -0.158. The van der Waals surface area contributed by atoms with E-state index in [9.17, 15) is 9.59 Å². The molecule has 0 spiro atoms. The monoisotopic (exact) mass is 329 g/mol. The van der Waals surface area contributed by atoms with Crippen molar-refractivity contribution in [2.45, 2.75) is 37.6 Å². The Kier molecular flexibility index (Phi) is 4.22. The summed E-state index contributed by atoms with van der Waals surface area (Å²) in [4.78, 5) is 24.0. The zero-order valence-electron chi connectivity index (χ0n) is 12.1. The highest BCUT2D eigenvalue weighted by Crippen LogP contribution is 2.64. The van der Waals surface area contributed by atoms with Gasteiger partial charge in [-0.05, 0) is 38.5 Å². The van der Waals surface area contributed by atoms with Gasteiger partial charge in [-0.25, -0.2) is 0 Å².